The van der Waals surface area contributed by atoms with Crippen molar-refractivity contribution in [1.29, 1.82) is 0 Å². The summed E-state index contributed by atoms with van der Waals surface area (Å²) in [4.78, 5) is 13.0. The summed E-state index contributed by atoms with van der Waals surface area (Å²) in [6, 6.07) is 12.2. The summed E-state index contributed by atoms with van der Waals surface area (Å²) in [5, 5.41) is 0.776. The highest BCUT2D eigenvalue weighted by atomic mass is 19.4. The molecule has 0 bridgehead atoms. The first-order valence-electron chi connectivity index (χ1n) is 9.71. The Balaban J connectivity index is 1.90. The molecule has 148 valence electrons. The molecule has 0 unspecified atom stereocenters. The number of hydrogen-bond donors (Lipinski definition) is 0. The number of ketones is 1. The van der Waals surface area contributed by atoms with Gasteiger partial charge in [0.1, 0.15) is 0 Å². The van der Waals surface area contributed by atoms with E-state index in [4.69, 9.17) is 0 Å². The standard InChI is InChI=1S/C23H24F3NO/c1-2-3-4-5-8-14-27-16-20(19-12-6-7-13-21(19)27)22(28)17-10-9-11-18(15-17)23(24,25)26/h6-7,9-13,15-16H,2-5,8,14H2,1H3. The van der Waals surface area contributed by atoms with Gasteiger partial charge in [0.25, 0.3) is 0 Å². The Labute approximate surface area is 163 Å². The van der Waals surface area contributed by atoms with E-state index in [2.05, 4.69) is 6.92 Å². The normalized spacial score (nSPS) is 11.9. The molecule has 0 radical (unpaired) electrons. The third-order valence-electron chi connectivity index (χ3n) is 4.99. The second-order valence-corrected chi connectivity index (χ2v) is 7.08. The number of nitrogens with zero attached hydrogens (tertiary/aromatic N) is 1. The van der Waals surface area contributed by atoms with E-state index in [9.17, 15) is 18.0 Å². The highest BCUT2D eigenvalue weighted by Gasteiger charge is 2.31. The van der Waals surface area contributed by atoms with Crippen LogP contribution in [0.25, 0.3) is 10.9 Å². The van der Waals surface area contributed by atoms with E-state index in [0.29, 0.717) is 5.56 Å². The molecule has 0 saturated carbocycles. The van der Waals surface area contributed by atoms with E-state index in [1.807, 2.05) is 28.8 Å². The van der Waals surface area contributed by atoms with Gasteiger partial charge in [-0.3, -0.25) is 4.79 Å². The number of para-hydroxylation sites is 1. The molecule has 1 aromatic heterocycles. The van der Waals surface area contributed by atoms with Crippen molar-refractivity contribution in [3.8, 4) is 0 Å². The van der Waals surface area contributed by atoms with Crippen molar-refractivity contribution >= 4 is 16.7 Å². The zero-order chi connectivity index (χ0) is 20.1. The molecule has 2 aromatic carbocycles. The number of aromatic nitrogens is 1. The Hall–Kier alpha value is -2.56. The van der Waals surface area contributed by atoms with Gasteiger partial charge >= 0.3 is 6.18 Å². The fraction of sp³-hybridized carbons (Fsp3) is 0.348. The van der Waals surface area contributed by atoms with Crippen LogP contribution in [0.2, 0.25) is 0 Å². The van der Waals surface area contributed by atoms with Crippen molar-refractivity contribution in [3.63, 3.8) is 0 Å². The zero-order valence-corrected chi connectivity index (χ0v) is 15.9. The fourth-order valence-corrected chi connectivity index (χ4v) is 3.49. The van der Waals surface area contributed by atoms with E-state index in [1.165, 1.54) is 31.4 Å². The predicted octanol–water partition coefficient (Wildman–Crippen LogP) is 6.86. The van der Waals surface area contributed by atoms with Crippen LogP contribution in [0.1, 0.15) is 60.5 Å². The average molecular weight is 387 g/mol. The Bertz CT molecular complexity index is 956. The molecule has 2 nitrogen and oxygen atoms in total. The number of hydrogen-bond acceptors (Lipinski definition) is 1. The molecule has 0 amide bonds. The Kier molecular flexibility index (Phi) is 6.22. The van der Waals surface area contributed by atoms with Crippen molar-refractivity contribution < 1.29 is 18.0 Å². The van der Waals surface area contributed by atoms with Gasteiger partial charge in [0, 0.05) is 34.8 Å². The van der Waals surface area contributed by atoms with Crippen LogP contribution in [0.3, 0.4) is 0 Å². The van der Waals surface area contributed by atoms with Crippen LogP contribution < -0.4 is 0 Å². The first-order chi connectivity index (χ1) is 13.4. The van der Waals surface area contributed by atoms with E-state index in [-0.39, 0.29) is 11.3 Å². The molecule has 0 saturated heterocycles. The predicted molar refractivity (Wildman–Crippen MR) is 106 cm³/mol. The Morgan fingerprint density at radius 3 is 2.46 bits per heavy atom. The topological polar surface area (TPSA) is 22.0 Å². The molecule has 0 N–H and O–H groups in total. The van der Waals surface area contributed by atoms with Gasteiger partial charge in [0.05, 0.1) is 5.56 Å². The molecule has 3 rings (SSSR count). The molecular formula is C23H24F3NO. The van der Waals surface area contributed by atoms with Crippen molar-refractivity contribution in [3.05, 3.63) is 71.4 Å². The van der Waals surface area contributed by atoms with E-state index >= 15 is 0 Å². The van der Waals surface area contributed by atoms with Crippen molar-refractivity contribution in [1.82, 2.24) is 4.57 Å². The minimum absolute atomic E-state index is 0.0562. The maximum Gasteiger partial charge on any atom is 0.416 e. The van der Waals surface area contributed by atoms with E-state index in [0.717, 1.165) is 42.4 Å². The monoisotopic (exact) mass is 387 g/mol. The third-order valence-corrected chi connectivity index (χ3v) is 4.99. The second kappa shape index (κ2) is 8.63. The number of rotatable bonds is 8. The lowest BCUT2D eigenvalue weighted by Crippen LogP contribution is -2.08. The minimum Gasteiger partial charge on any atom is -0.347 e. The average Bonchev–Trinajstić information content (AvgIpc) is 3.05. The van der Waals surface area contributed by atoms with Crippen molar-refractivity contribution in [2.24, 2.45) is 0 Å². The van der Waals surface area contributed by atoms with Gasteiger partial charge in [-0.2, -0.15) is 13.2 Å². The fourth-order valence-electron chi connectivity index (χ4n) is 3.49. The van der Waals surface area contributed by atoms with Crippen LogP contribution in [0.4, 0.5) is 13.2 Å². The van der Waals surface area contributed by atoms with Gasteiger partial charge in [-0.1, -0.05) is 62.9 Å². The van der Waals surface area contributed by atoms with Gasteiger partial charge in [-0.15, -0.1) is 0 Å². The molecule has 28 heavy (non-hydrogen) atoms. The maximum atomic E-state index is 13.0. The Morgan fingerprint density at radius 2 is 1.71 bits per heavy atom. The van der Waals surface area contributed by atoms with Crippen LogP contribution in [-0.2, 0) is 12.7 Å². The number of alkyl halides is 3. The maximum absolute atomic E-state index is 13.0. The summed E-state index contributed by atoms with van der Waals surface area (Å²) in [5.74, 6) is -0.382. The van der Waals surface area contributed by atoms with E-state index < -0.39 is 11.7 Å². The van der Waals surface area contributed by atoms with E-state index in [1.54, 1.807) is 6.20 Å². The number of unbranched alkanes of at least 4 members (excludes halogenated alkanes) is 4. The van der Waals surface area contributed by atoms with Crippen LogP contribution in [0.5, 0.6) is 0 Å². The lowest BCUT2D eigenvalue weighted by atomic mass is 10.0. The molecule has 0 fully saturated rings. The Morgan fingerprint density at radius 1 is 0.964 bits per heavy atom. The molecular weight excluding hydrogens is 363 g/mol. The largest absolute Gasteiger partial charge is 0.416 e. The summed E-state index contributed by atoms with van der Waals surface area (Å²) < 4.78 is 41.1. The summed E-state index contributed by atoms with van der Waals surface area (Å²) in [6.07, 6.45) is 3.03. The number of carbonyl (C=O) groups excluding carboxylic acids is 1. The SMILES string of the molecule is CCCCCCCn1cc(C(=O)c2cccc(C(F)(F)F)c2)c2ccccc21. The quantitative estimate of drug-likeness (QED) is 0.306. The molecule has 5 heteroatoms. The lowest BCUT2D eigenvalue weighted by Gasteiger charge is -2.08. The summed E-state index contributed by atoms with van der Waals surface area (Å²) in [7, 11) is 0. The zero-order valence-electron chi connectivity index (χ0n) is 15.9. The molecule has 1 heterocycles. The number of halogens is 3. The molecule has 0 atom stereocenters. The summed E-state index contributed by atoms with van der Waals surface area (Å²) >= 11 is 0. The van der Waals surface area contributed by atoms with Gasteiger partial charge in [-0.25, -0.2) is 0 Å². The van der Waals surface area contributed by atoms with Gasteiger partial charge in [0.2, 0.25) is 0 Å². The van der Waals surface area contributed by atoms with Gasteiger partial charge in [-0.05, 0) is 24.6 Å². The summed E-state index contributed by atoms with van der Waals surface area (Å²) in [5.41, 5.74) is 0.635. The number of benzene rings is 2. The highest BCUT2D eigenvalue weighted by Crippen LogP contribution is 2.31. The van der Waals surface area contributed by atoms with Crippen molar-refractivity contribution in [2.75, 3.05) is 0 Å². The van der Waals surface area contributed by atoms with Crippen LogP contribution in [0, 0.1) is 0 Å². The summed E-state index contributed by atoms with van der Waals surface area (Å²) in [6.45, 7) is 2.96. The smallest absolute Gasteiger partial charge is 0.347 e. The molecule has 0 aliphatic rings. The van der Waals surface area contributed by atoms with Crippen LogP contribution >= 0.6 is 0 Å². The molecule has 3 aromatic rings. The minimum atomic E-state index is -4.47. The second-order valence-electron chi connectivity index (χ2n) is 7.08. The van der Waals surface area contributed by atoms with Crippen LogP contribution in [-0.4, -0.2) is 10.4 Å². The lowest BCUT2D eigenvalue weighted by molar-refractivity contribution is -0.137. The highest BCUT2D eigenvalue weighted by molar-refractivity contribution is 6.16. The molecule has 0 aliphatic carbocycles. The number of aryl methyl sites for hydroxylation is 1. The van der Waals surface area contributed by atoms with Crippen molar-refractivity contribution in [2.45, 2.75) is 51.7 Å². The van der Waals surface area contributed by atoms with Gasteiger partial charge in [0.15, 0.2) is 5.78 Å². The third kappa shape index (κ3) is 4.46. The number of fused-ring (bicyclic) bond motifs is 1. The first-order valence-corrected chi connectivity index (χ1v) is 9.71. The molecule has 0 spiro atoms. The first kappa shape index (κ1) is 20.2. The van der Waals surface area contributed by atoms with Gasteiger partial charge < -0.3 is 4.57 Å². The number of carbonyl (C=O) groups is 1. The van der Waals surface area contributed by atoms with Crippen LogP contribution in [0.15, 0.2) is 54.7 Å². The molecule has 0 aliphatic heterocycles.